The molecule has 0 aromatic carbocycles. The standard InChI is InChI=1S/C19H25N5O/c1-12-10-13(2)21-16-15(12)18(24-8-4-3-5-9-24)23-17(22-16)19(25)20-11-14-6-7-14/h10,14H,3-9,11H2,1-2H3,(H,20,25). The lowest BCUT2D eigenvalue weighted by molar-refractivity contribution is 0.0941. The average Bonchev–Trinajstić information content (AvgIpc) is 3.43. The van der Waals surface area contributed by atoms with Gasteiger partial charge in [-0.1, -0.05) is 0 Å². The molecule has 1 amide bonds. The zero-order chi connectivity index (χ0) is 17.4. The highest BCUT2D eigenvalue weighted by Crippen LogP contribution is 2.29. The van der Waals surface area contributed by atoms with Crippen molar-refractivity contribution >= 4 is 22.8 Å². The van der Waals surface area contributed by atoms with Crippen LogP contribution < -0.4 is 10.2 Å². The second-order valence-corrected chi connectivity index (χ2v) is 7.35. The van der Waals surface area contributed by atoms with Gasteiger partial charge in [0.2, 0.25) is 5.82 Å². The minimum Gasteiger partial charge on any atom is -0.356 e. The van der Waals surface area contributed by atoms with Crippen LogP contribution in [-0.2, 0) is 0 Å². The predicted octanol–water partition coefficient (Wildman–Crippen LogP) is 2.77. The summed E-state index contributed by atoms with van der Waals surface area (Å²) in [5.74, 6) is 1.55. The fraction of sp³-hybridized carbons (Fsp3) is 0.579. The van der Waals surface area contributed by atoms with E-state index in [1.165, 1.54) is 19.3 Å². The van der Waals surface area contributed by atoms with E-state index in [0.717, 1.165) is 54.9 Å². The Kier molecular flexibility index (Phi) is 4.27. The smallest absolute Gasteiger partial charge is 0.289 e. The molecule has 132 valence electrons. The first-order valence-corrected chi connectivity index (χ1v) is 9.31. The van der Waals surface area contributed by atoms with Crippen molar-refractivity contribution < 1.29 is 4.79 Å². The number of rotatable bonds is 4. The Balaban J connectivity index is 1.76. The van der Waals surface area contributed by atoms with Gasteiger partial charge in [-0.05, 0) is 63.5 Å². The van der Waals surface area contributed by atoms with Crippen molar-refractivity contribution in [3.05, 3.63) is 23.1 Å². The van der Waals surface area contributed by atoms with Gasteiger partial charge in [0.25, 0.3) is 5.91 Å². The van der Waals surface area contributed by atoms with E-state index in [9.17, 15) is 4.79 Å². The third-order valence-corrected chi connectivity index (χ3v) is 5.08. The summed E-state index contributed by atoms with van der Waals surface area (Å²) in [5.41, 5.74) is 2.66. The van der Waals surface area contributed by atoms with Gasteiger partial charge in [-0.25, -0.2) is 15.0 Å². The molecular formula is C19H25N5O. The molecule has 6 heteroatoms. The number of hydrogen-bond donors (Lipinski definition) is 1. The maximum absolute atomic E-state index is 12.5. The zero-order valence-corrected chi connectivity index (χ0v) is 15.0. The van der Waals surface area contributed by atoms with E-state index in [1.54, 1.807) is 0 Å². The number of piperidine rings is 1. The highest BCUT2D eigenvalue weighted by Gasteiger charge is 2.24. The van der Waals surface area contributed by atoms with Crippen LogP contribution in [0.15, 0.2) is 6.07 Å². The van der Waals surface area contributed by atoms with Crippen LogP contribution in [0.4, 0.5) is 5.82 Å². The first kappa shape index (κ1) is 16.2. The molecule has 1 saturated heterocycles. The van der Waals surface area contributed by atoms with Crippen molar-refractivity contribution in [3.63, 3.8) is 0 Å². The fourth-order valence-corrected chi connectivity index (χ4v) is 3.53. The van der Waals surface area contributed by atoms with E-state index >= 15 is 0 Å². The number of fused-ring (bicyclic) bond motifs is 1. The molecule has 0 spiro atoms. The molecule has 4 rings (SSSR count). The Hall–Kier alpha value is -2.24. The van der Waals surface area contributed by atoms with Crippen LogP contribution in [0, 0.1) is 19.8 Å². The van der Waals surface area contributed by atoms with Gasteiger partial charge in [0.1, 0.15) is 5.82 Å². The number of carbonyl (C=O) groups excluding carboxylic acids is 1. The van der Waals surface area contributed by atoms with Crippen molar-refractivity contribution in [1.29, 1.82) is 0 Å². The Morgan fingerprint density at radius 1 is 1.16 bits per heavy atom. The molecule has 0 atom stereocenters. The number of nitrogens with zero attached hydrogens (tertiary/aromatic N) is 4. The number of anilines is 1. The third-order valence-electron chi connectivity index (χ3n) is 5.08. The van der Waals surface area contributed by atoms with Crippen LogP contribution in [0.25, 0.3) is 11.0 Å². The summed E-state index contributed by atoms with van der Waals surface area (Å²) < 4.78 is 0. The quantitative estimate of drug-likeness (QED) is 0.927. The number of aromatic nitrogens is 3. The Morgan fingerprint density at radius 2 is 1.92 bits per heavy atom. The minimum atomic E-state index is -0.187. The summed E-state index contributed by atoms with van der Waals surface area (Å²) in [5, 5.41) is 3.95. The molecule has 0 bridgehead atoms. The summed E-state index contributed by atoms with van der Waals surface area (Å²) >= 11 is 0. The van der Waals surface area contributed by atoms with E-state index < -0.39 is 0 Å². The zero-order valence-electron chi connectivity index (χ0n) is 15.0. The van der Waals surface area contributed by atoms with Gasteiger partial charge in [-0.2, -0.15) is 0 Å². The number of hydrogen-bond acceptors (Lipinski definition) is 5. The number of amides is 1. The summed E-state index contributed by atoms with van der Waals surface area (Å²) in [6, 6.07) is 2.06. The van der Waals surface area contributed by atoms with E-state index in [2.05, 4.69) is 38.2 Å². The van der Waals surface area contributed by atoms with Gasteiger partial charge in [0.15, 0.2) is 5.65 Å². The summed E-state index contributed by atoms with van der Waals surface area (Å²) in [7, 11) is 0. The van der Waals surface area contributed by atoms with Crippen molar-refractivity contribution in [2.75, 3.05) is 24.5 Å². The van der Waals surface area contributed by atoms with Gasteiger partial charge in [0, 0.05) is 25.3 Å². The van der Waals surface area contributed by atoms with Crippen LogP contribution in [0.1, 0.15) is 54.0 Å². The second-order valence-electron chi connectivity index (χ2n) is 7.35. The Labute approximate surface area is 148 Å². The van der Waals surface area contributed by atoms with E-state index in [-0.39, 0.29) is 11.7 Å². The summed E-state index contributed by atoms with van der Waals surface area (Å²) in [4.78, 5) is 28.6. The predicted molar refractivity (Wildman–Crippen MR) is 97.9 cm³/mol. The Morgan fingerprint density at radius 3 is 2.64 bits per heavy atom. The van der Waals surface area contributed by atoms with Gasteiger partial charge < -0.3 is 10.2 Å². The second kappa shape index (κ2) is 6.58. The lowest BCUT2D eigenvalue weighted by Crippen LogP contribution is -2.32. The van der Waals surface area contributed by atoms with Crippen LogP contribution in [0.5, 0.6) is 0 Å². The molecule has 0 radical (unpaired) electrons. The third kappa shape index (κ3) is 3.43. The monoisotopic (exact) mass is 339 g/mol. The maximum Gasteiger partial charge on any atom is 0.289 e. The van der Waals surface area contributed by atoms with E-state index in [4.69, 9.17) is 0 Å². The minimum absolute atomic E-state index is 0.187. The molecule has 1 saturated carbocycles. The van der Waals surface area contributed by atoms with Crippen LogP contribution in [0.3, 0.4) is 0 Å². The Bertz CT molecular complexity index is 809. The highest BCUT2D eigenvalue weighted by molar-refractivity contribution is 5.96. The van der Waals surface area contributed by atoms with E-state index in [1.807, 2.05) is 6.92 Å². The lowest BCUT2D eigenvalue weighted by Gasteiger charge is -2.29. The molecule has 6 nitrogen and oxygen atoms in total. The molecule has 1 aliphatic carbocycles. The van der Waals surface area contributed by atoms with Gasteiger partial charge in [-0.3, -0.25) is 4.79 Å². The number of nitrogens with one attached hydrogen (secondary N) is 1. The average molecular weight is 339 g/mol. The molecule has 1 aliphatic heterocycles. The first-order chi connectivity index (χ1) is 12.1. The van der Waals surface area contributed by atoms with Crippen LogP contribution in [-0.4, -0.2) is 40.5 Å². The molecule has 2 aliphatic rings. The summed E-state index contributed by atoms with van der Waals surface area (Å²) in [6.45, 7) is 6.70. The van der Waals surface area contributed by atoms with Crippen molar-refractivity contribution in [2.24, 2.45) is 5.92 Å². The van der Waals surface area contributed by atoms with Crippen molar-refractivity contribution in [2.45, 2.75) is 46.0 Å². The normalized spacial score (nSPS) is 17.8. The highest BCUT2D eigenvalue weighted by atomic mass is 16.2. The fourth-order valence-electron chi connectivity index (χ4n) is 3.53. The molecule has 2 fully saturated rings. The molecule has 2 aromatic heterocycles. The van der Waals surface area contributed by atoms with E-state index in [0.29, 0.717) is 11.6 Å². The number of pyridine rings is 1. The topological polar surface area (TPSA) is 71.0 Å². The SMILES string of the molecule is Cc1cc(C)c2c(N3CCCCC3)nc(C(=O)NCC3CC3)nc2n1. The molecule has 25 heavy (non-hydrogen) atoms. The molecule has 2 aromatic rings. The van der Waals surface area contributed by atoms with Gasteiger partial charge in [-0.15, -0.1) is 0 Å². The number of carbonyl (C=O) groups is 1. The maximum atomic E-state index is 12.5. The van der Waals surface area contributed by atoms with Crippen molar-refractivity contribution in [3.8, 4) is 0 Å². The van der Waals surface area contributed by atoms with Crippen LogP contribution >= 0.6 is 0 Å². The molecular weight excluding hydrogens is 314 g/mol. The van der Waals surface area contributed by atoms with Gasteiger partial charge >= 0.3 is 0 Å². The van der Waals surface area contributed by atoms with Crippen LogP contribution in [0.2, 0.25) is 0 Å². The lowest BCUT2D eigenvalue weighted by atomic mass is 10.1. The van der Waals surface area contributed by atoms with Gasteiger partial charge in [0.05, 0.1) is 5.39 Å². The molecule has 0 unspecified atom stereocenters. The molecule has 3 heterocycles. The molecule has 1 N–H and O–H groups in total. The van der Waals surface area contributed by atoms with Crippen molar-refractivity contribution in [1.82, 2.24) is 20.3 Å². The first-order valence-electron chi connectivity index (χ1n) is 9.31. The largest absolute Gasteiger partial charge is 0.356 e. The number of aryl methyl sites for hydroxylation is 2. The summed E-state index contributed by atoms with van der Waals surface area (Å²) in [6.07, 6.45) is 5.99.